The van der Waals surface area contributed by atoms with E-state index in [0.717, 1.165) is 15.8 Å². The molecule has 1 N–H and O–H groups in total. The first-order valence-corrected chi connectivity index (χ1v) is 7.89. The number of aryl methyl sites for hydroxylation is 1. The Bertz CT molecular complexity index is 936. The van der Waals surface area contributed by atoms with Gasteiger partial charge in [-0.25, -0.2) is 0 Å². The van der Waals surface area contributed by atoms with E-state index in [0.29, 0.717) is 4.80 Å². The van der Waals surface area contributed by atoms with Crippen LogP contribution in [0.2, 0.25) is 0 Å². The molecule has 2 aromatic carbocycles. The van der Waals surface area contributed by atoms with E-state index in [1.807, 2.05) is 55.5 Å². The Hall–Kier alpha value is -2.73. The molecule has 0 saturated heterocycles. The smallest absolute Gasteiger partial charge is 0.323 e. The molecule has 1 aromatic heterocycles. The van der Waals surface area contributed by atoms with Crippen LogP contribution in [-0.4, -0.2) is 21.9 Å². The molecule has 116 valence electrons. The van der Waals surface area contributed by atoms with E-state index in [1.165, 1.54) is 16.9 Å². The number of hydrogen-bond acceptors (Lipinski definition) is 4. The number of carboxylic acid groups (broad SMARTS) is 1. The lowest BCUT2D eigenvalue weighted by molar-refractivity contribution is -0.137. The van der Waals surface area contributed by atoms with Crippen LogP contribution < -0.4 is 4.80 Å². The van der Waals surface area contributed by atoms with Gasteiger partial charge in [0.1, 0.15) is 6.54 Å². The molecule has 0 bridgehead atoms. The first kappa shape index (κ1) is 15.2. The molecule has 0 aliphatic heterocycles. The van der Waals surface area contributed by atoms with Gasteiger partial charge in [-0.3, -0.25) is 4.79 Å². The summed E-state index contributed by atoms with van der Waals surface area (Å²) in [5, 5.41) is 17.4. The second-order valence-electron chi connectivity index (χ2n) is 5.09. The van der Waals surface area contributed by atoms with Gasteiger partial charge in [-0.15, -0.1) is 5.10 Å². The van der Waals surface area contributed by atoms with Gasteiger partial charge in [-0.1, -0.05) is 53.3 Å². The number of nitrogens with zero attached hydrogens (tertiary/aromatic N) is 3. The van der Waals surface area contributed by atoms with Crippen molar-refractivity contribution in [2.75, 3.05) is 0 Å². The molecular weight excluding hydrogens is 310 g/mol. The van der Waals surface area contributed by atoms with Crippen molar-refractivity contribution >= 4 is 33.7 Å². The van der Waals surface area contributed by atoms with Crippen LogP contribution in [0.1, 0.15) is 11.1 Å². The Labute approximate surface area is 136 Å². The Morgan fingerprint density at radius 2 is 1.96 bits per heavy atom. The van der Waals surface area contributed by atoms with Gasteiger partial charge in [0, 0.05) is 0 Å². The highest BCUT2D eigenvalue weighted by Crippen LogP contribution is 2.16. The average Bonchev–Trinajstić information content (AvgIpc) is 2.87. The van der Waals surface area contributed by atoms with Gasteiger partial charge in [-0.05, 0) is 24.6 Å². The predicted octanol–water partition coefficient (Wildman–Crippen LogP) is 3.03. The van der Waals surface area contributed by atoms with E-state index in [2.05, 4.69) is 10.2 Å². The SMILES string of the molecule is Cc1ccc(/C=N/N=c2/sc3ccccc3n2CC(=O)O)cc1. The van der Waals surface area contributed by atoms with Gasteiger partial charge in [-0.2, -0.15) is 5.10 Å². The van der Waals surface area contributed by atoms with Crippen molar-refractivity contribution in [2.45, 2.75) is 13.5 Å². The Morgan fingerprint density at radius 3 is 2.70 bits per heavy atom. The summed E-state index contributed by atoms with van der Waals surface area (Å²) >= 11 is 1.42. The molecule has 23 heavy (non-hydrogen) atoms. The normalized spacial score (nSPS) is 12.3. The highest BCUT2D eigenvalue weighted by Gasteiger charge is 2.08. The summed E-state index contributed by atoms with van der Waals surface area (Å²) in [5.41, 5.74) is 2.98. The van der Waals surface area contributed by atoms with Crippen LogP contribution in [0.15, 0.2) is 58.7 Å². The van der Waals surface area contributed by atoms with Crippen LogP contribution in [0.5, 0.6) is 0 Å². The van der Waals surface area contributed by atoms with E-state index in [4.69, 9.17) is 5.11 Å². The number of hydrogen-bond donors (Lipinski definition) is 1. The van der Waals surface area contributed by atoms with Gasteiger partial charge in [0.25, 0.3) is 0 Å². The average molecular weight is 325 g/mol. The maximum absolute atomic E-state index is 11.1. The summed E-state index contributed by atoms with van der Waals surface area (Å²) in [4.78, 5) is 11.7. The van der Waals surface area contributed by atoms with Crippen LogP contribution in [0.25, 0.3) is 10.2 Å². The third kappa shape index (κ3) is 3.54. The summed E-state index contributed by atoms with van der Waals surface area (Å²) in [6.07, 6.45) is 1.66. The quantitative estimate of drug-likeness (QED) is 0.592. The fraction of sp³-hybridized carbons (Fsp3) is 0.118. The van der Waals surface area contributed by atoms with E-state index in [9.17, 15) is 4.79 Å². The zero-order chi connectivity index (χ0) is 16.2. The summed E-state index contributed by atoms with van der Waals surface area (Å²) in [5.74, 6) is -0.905. The lowest BCUT2D eigenvalue weighted by atomic mass is 10.2. The molecule has 3 aromatic rings. The van der Waals surface area contributed by atoms with Gasteiger partial charge < -0.3 is 9.67 Å². The molecule has 0 fully saturated rings. The number of para-hydroxylation sites is 1. The van der Waals surface area contributed by atoms with Gasteiger partial charge in [0.05, 0.1) is 16.4 Å². The monoisotopic (exact) mass is 325 g/mol. The number of aromatic nitrogens is 1. The summed E-state index contributed by atoms with van der Waals surface area (Å²) < 4.78 is 2.65. The maximum atomic E-state index is 11.1. The number of rotatable bonds is 4. The Balaban J connectivity index is 2.00. The minimum absolute atomic E-state index is 0.136. The van der Waals surface area contributed by atoms with Crippen molar-refractivity contribution in [3.05, 3.63) is 64.5 Å². The van der Waals surface area contributed by atoms with Crippen molar-refractivity contribution in [3.8, 4) is 0 Å². The van der Waals surface area contributed by atoms with Crippen molar-refractivity contribution in [1.82, 2.24) is 4.57 Å². The predicted molar refractivity (Wildman–Crippen MR) is 91.8 cm³/mol. The molecule has 1 heterocycles. The topological polar surface area (TPSA) is 67.0 Å². The Morgan fingerprint density at radius 1 is 1.22 bits per heavy atom. The molecule has 0 amide bonds. The molecule has 3 rings (SSSR count). The third-order valence-corrected chi connectivity index (χ3v) is 4.36. The number of aliphatic carboxylic acids is 1. The molecule has 0 atom stereocenters. The van der Waals surface area contributed by atoms with Gasteiger partial charge >= 0.3 is 5.97 Å². The maximum Gasteiger partial charge on any atom is 0.323 e. The van der Waals surface area contributed by atoms with E-state index in [-0.39, 0.29) is 6.54 Å². The number of thiazole rings is 1. The van der Waals surface area contributed by atoms with Crippen molar-refractivity contribution in [3.63, 3.8) is 0 Å². The second kappa shape index (κ2) is 6.58. The largest absolute Gasteiger partial charge is 0.480 e. The zero-order valence-corrected chi connectivity index (χ0v) is 13.3. The molecule has 5 nitrogen and oxygen atoms in total. The number of benzene rings is 2. The lowest BCUT2D eigenvalue weighted by Crippen LogP contribution is -2.19. The molecule has 0 radical (unpaired) electrons. The summed E-state index contributed by atoms with van der Waals surface area (Å²) in [6.45, 7) is 1.89. The highest BCUT2D eigenvalue weighted by molar-refractivity contribution is 7.16. The summed E-state index contributed by atoms with van der Waals surface area (Å²) in [6, 6.07) is 15.6. The number of carbonyl (C=O) groups is 1. The third-order valence-electron chi connectivity index (χ3n) is 3.31. The minimum Gasteiger partial charge on any atom is -0.480 e. The fourth-order valence-electron chi connectivity index (χ4n) is 2.18. The van der Waals surface area contributed by atoms with Crippen molar-refractivity contribution in [2.24, 2.45) is 10.2 Å². The molecule has 0 aliphatic carbocycles. The zero-order valence-electron chi connectivity index (χ0n) is 12.5. The molecular formula is C17H15N3O2S. The molecule has 6 heteroatoms. The summed E-state index contributed by atoms with van der Waals surface area (Å²) in [7, 11) is 0. The van der Waals surface area contributed by atoms with E-state index >= 15 is 0 Å². The van der Waals surface area contributed by atoms with E-state index < -0.39 is 5.97 Å². The van der Waals surface area contributed by atoms with Crippen molar-refractivity contribution in [1.29, 1.82) is 0 Å². The van der Waals surface area contributed by atoms with Crippen molar-refractivity contribution < 1.29 is 9.90 Å². The fourth-order valence-corrected chi connectivity index (χ4v) is 3.17. The van der Waals surface area contributed by atoms with E-state index in [1.54, 1.807) is 10.8 Å². The highest BCUT2D eigenvalue weighted by atomic mass is 32.1. The van der Waals surface area contributed by atoms with Crippen LogP contribution in [0, 0.1) is 6.92 Å². The molecule has 0 aliphatic rings. The lowest BCUT2D eigenvalue weighted by Gasteiger charge is -1.99. The minimum atomic E-state index is -0.905. The van der Waals surface area contributed by atoms with Crippen LogP contribution in [-0.2, 0) is 11.3 Å². The molecule has 0 unspecified atom stereocenters. The molecule has 0 spiro atoms. The first-order valence-electron chi connectivity index (χ1n) is 7.07. The Kier molecular flexibility index (Phi) is 4.34. The van der Waals surface area contributed by atoms with Crippen LogP contribution >= 0.6 is 11.3 Å². The van der Waals surface area contributed by atoms with Crippen LogP contribution in [0.3, 0.4) is 0 Å². The second-order valence-corrected chi connectivity index (χ2v) is 6.10. The molecule has 0 saturated carbocycles. The van der Waals surface area contributed by atoms with Crippen LogP contribution in [0.4, 0.5) is 0 Å². The van der Waals surface area contributed by atoms with Gasteiger partial charge in [0.15, 0.2) is 0 Å². The number of fused-ring (bicyclic) bond motifs is 1. The standard InChI is InChI=1S/C17H15N3O2S/c1-12-6-8-13(9-7-12)10-18-19-17-20(11-16(21)22)14-4-2-3-5-15(14)23-17/h2-10H,11H2,1H3,(H,21,22)/b18-10+,19-17+. The first-order chi connectivity index (χ1) is 11.1. The number of carboxylic acids is 1. The van der Waals surface area contributed by atoms with Gasteiger partial charge in [0.2, 0.25) is 4.80 Å².